The van der Waals surface area contributed by atoms with Crippen molar-refractivity contribution in [3.63, 3.8) is 0 Å². The quantitative estimate of drug-likeness (QED) is 0.814. The van der Waals surface area contributed by atoms with E-state index in [4.69, 9.17) is 4.74 Å². The summed E-state index contributed by atoms with van der Waals surface area (Å²) in [5.74, 6) is 2.86. The van der Waals surface area contributed by atoms with Crippen LogP contribution in [0.2, 0.25) is 0 Å². The van der Waals surface area contributed by atoms with Gasteiger partial charge in [0.2, 0.25) is 0 Å². The first-order valence-electron chi connectivity index (χ1n) is 5.33. The molecule has 0 aliphatic heterocycles. The van der Waals surface area contributed by atoms with Gasteiger partial charge in [-0.25, -0.2) is 0 Å². The SMILES string of the molecule is CCSCCOc1ccc(Br)cc1[C@@H](C)O. The van der Waals surface area contributed by atoms with Crippen molar-refractivity contribution in [1.29, 1.82) is 0 Å². The third-order valence-electron chi connectivity index (χ3n) is 2.11. The Morgan fingerprint density at radius 1 is 1.50 bits per heavy atom. The molecule has 0 aliphatic carbocycles. The molecule has 1 atom stereocenters. The van der Waals surface area contributed by atoms with E-state index in [0.717, 1.165) is 27.3 Å². The molecular formula is C12H17BrO2S. The normalized spacial score (nSPS) is 12.5. The van der Waals surface area contributed by atoms with Gasteiger partial charge in [0.05, 0.1) is 12.7 Å². The second kappa shape index (κ2) is 7.20. The van der Waals surface area contributed by atoms with E-state index >= 15 is 0 Å². The zero-order valence-corrected chi connectivity index (χ0v) is 12.0. The summed E-state index contributed by atoms with van der Waals surface area (Å²) < 4.78 is 6.61. The molecule has 0 unspecified atom stereocenters. The summed E-state index contributed by atoms with van der Waals surface area (Å²) in [6, 6.07) is 5.71. The maximum Gasteiger partial charge on any atom is 0.125 e. The van der Waals surface area contributed by atoms with Gasteiger partial charge in [0, 0.05) is 15.8 Å². The molecule has 0 spiro atoms. The van der Waals surface area contributed by atoms with Gasteiger partial charge < -0.3 is 9.84 Å². The molecule has 0 saturated carbocycles. The van der Waals surface area contributed by atoms with Gasteiger partial charge in [-0.3, -0.25) is 0 Å². The van der Waals surface area contributed by atoms with Crippen LogP contribution in [0.25, 0.3) is 0 Å². The van der Waals surface area contributed by atoms with Gasteiger partial charge >= 0.3 is 0 Å². The highest BCUT2D eigenvalue weighted by molar-refractivity contribution is 9.10. The molecule has 2 nitrogen and oxygen atoms in total. The topological polar surface area (TPSA) is 29.5 Å². The summed E-state index contributed by atoms with van der Waals surface area (Å²) in [4.78, 5) is 0. The summed E-state index contributed by atoms with van der Waals surface area (Å²) in [6.07, 6.45) is -0.508. The molecule has 0 radical (unpaired) electrons. The van der Waals surface area contributed by atoms with Crippen molar-refractivity contribution in [3.05, 3.63) is 28.2 Å². The smallest absolute Gasteiger partial charge is 0.125 e. The summed E-state index contributed by atoms with van der Waals surface area (Å²) in [7, 11) is 0. The van der Waals surface area contributed by atoms with E-state index < -0.39 is 6.10 Å². The largest absolute Gasteiger partial charge is 0.492 e. The molecule has 0 amide bonds. The highest BCUT2D eigenvalue weighted by Gasteiger charge is 2.09. The summed E-state index contributed by atoms with van der Waals surface area (Å²) in [6.45, 7) is 4.56. The van der Waals surface area contributed by atoms with E-state index in [0.29, 0.717) is 6.61 Å². The number of thioether (sulfide) groups is 1. The summed E-state index contributed by atoms with van der Waals surface area (Å²) in [5, 5.41) is 9.63. The Bertz CT molecular complexity index is 329. The van der Waals surface area contributed by atoms with E-state index in [2.05, 4.69) is 22.9 Å². The number of hydrogen-bond donors (Lipinski definition) is 1. The average molecular weight is 305 g/mol. The number of hydrogen-bond acceptors (Lipinski definition) is 3. The standard InChI is InChI=1S/C12H17BrO2S/c1-3-16-7-6-15-12-5-4-10(13)8-11(12)9(2)14/h4-5,8-9,14H,3,6-7H2,1-2H3/t9-/m1/s1. The number of rotatable bonds is 6. The average Bonchev–Trinajstić information content (AvgIpc) is 2.26. The number of ether oxygens (including phenoxy) is 1. The highest BCUT2D eigenvalue weighted by Crippen LogP contribution is 2.28. The van der Waals surface area contributed by atoms with Crippen LogP contribution in [-0.4, -0.2) is 23.2 Å². The molecule has 0 heterocycles. The van der Waals surface area contributed by atoms with E-state index in [-0.39, 0.29) is 0 Å². The van der Waals surface area contributed by atoms with Crippen LogP contribution in [0.15, 0.2) is 22.7 Å². The van der Waals surface area contributed by atoms with Gasteiger partial charge in [-0.1, -0.05) is 22.9 Å². The molecule has 90 valence electrons. The molecule has 0 aliphatic rings. The summed E-state index contributed by atoms with van der Waals surface area (Å²) in [5.41, 5.74) is 0.830. The number of halogens is 1. The lowest BCUT2D eigenvalue weighted by atomic mass is 10.1. The van der Waals surface area contributed by atoms with Crippen LogP contribution in [0.1, 0.15) is 25.5 Å². The Morgan fingerprint density at radius 2 is 2.25 bits per heavy atom. The molecule has 0 fully saturated rings. The molecule has 1 N–H and O–H groups in total. The molecule has 0 saturated heterocycles. The molecule has 16 heavy (non-hydrogen) atoms. The lowest BCUT2D eigenvalue weighted by Crippen LogP contribution is -2.04. The van der Waals surface area contributed by atoms with Crippen LogP contribution >= 0.6 is 27.7 Å². The van der Waals surface area contributed by atoms with Gasteiger partial charge in [0.15, 0.2) is 0 Å². The maximum absolute atomic E-state index is 9.63. The van der Waals surface area contributed by atoms with Gasteiger partial charge in [-0.05, 0) is 30.9 Å². The Kier molecular flexibility index (Phi) is 6.24. The zero-order valence-electron chi connectivity index (χ0n) is 9.57. The van der Waals surface area contributed by atoms with Gasteiger partial charge in [-0.15, -0.1) is 0 Å². The van der Waals surface area contributed by atoms with Crippen LogP contribution in [0.5, 0.6) is 5.75 Å². The fourth-order valence-electron chi connectivity index (χ4n) is 1.33. The number of aliphatic hydroxyl groups is 1. The number of benzene rings is 1. The minimum atomic E-state index is -0.508. The molecule has 1 rings (SSSR count). The van der Waals surface area contributed by atoms with Crippen molar-refractivity contribution in [1.82, 2.24) is 0 Å². The molecule has 1 aromatic rings. The zero-order chi connectivity index (χ0) is 12.0. The molecule has 0 aromatic heterocycles. The molecule has 0 bridgehead atoms. The van der Waals surface area contributed by atoms with Crippen molar-refractivity contribution in [2.75, 3.05) is 18.1 Å². The Balaban J connectivity index is 2.64. The lowest BCUT2D eigenvalue weighted by molar-refractivity contribution is 0.192. The van der Waals surface area contributed by atoms with E-state index in [1.54, 1.807) is 6.92 Å². The van der Waals surface area contributed by atoms with Crippen molar-refractivity contribution in [2.24, 2.45) is 0 Å². The molecular weight excluding hydrogens is 288 g/mol. The first kappa shape index (κ1) is 13.9. The third kappa shape index (κ3) is 4.36. The first-order valence-corrected chi connectivity index (χ1v) is 7.28. The Labute approximate surface area is 110 Å². The van der Waals surface area contributed by atoms with Gasteiger partial charge in [0.25, 0.3) is 0 Å². The number of aliphatic hydroxyl groups excluding tert-OH is 1. The van der Waals surface area contributed by atoms with Crippen LogP contribution in [0.3, 0.4) is 0 Å². The predicted octanol–water partition coefficient (Wildman–Crippen LogP) is 3.63. The third-order valence-corrected chi connectivity index (χ3v) is 3.47. The second-order valence-electron chi connectivity index (χ2n) is 3.40. The van der Waals surface area contributed by atoms with Crippen molar-refractivity contribution in [2.45, 2.75) is 20.0 Å². The van der Waals surface area contributed by atoms with E-state index in [1.165, 1.54) is 0 Å². The molecule has 4 heteroatoms. The first-order chi connectivity index (χ1) is 7.65. The molecule has 1 aromatic carbocycles. The minimum absolute atomic E-state index is 0.508. The van der Waals surface area contributed by atoms with Gasteiger partial charge in [0.1, 0.15) is 5.75 Å². The lowest BCUT2D eigenvalue weighted by Gasteiger charge is -2.13. The predicted molar refractivity (Wildman–Crippen MR) is 73.3 cm³/mol. The Morgan fingerprint density at radius 3 is 2.88 bits per heavy atom. The fourth-order valence-corrected chi connectivity index (χ4v) is 2.20. The Hall–Kier alpha value is -0.190. The van der Waals surface area contributed by atoms with Crippen LogP contribution in [-0.2, 0) is 0 Å². The van der Waals surface area contributed by atoms with Gasteiger partial charge in [-0.2, -0.15) is 11.8 Å². The van der Waals surface area contributed by atoms with Crippen molar-refractivity contribution >= 4 is 27.7 Å². The fraction of sp³-hybridized carbons (Fsp3) is 0.500. The van der Waals surface area contributed by atoms with E-state index in [1.807, 2.05) is 30.0 Å². The van der Waals surface area contributed by atoms with Crippen LogP contribution < -0.4 is 4.74 Å². The summed E-state index contributed by atoms with van der Waals surface area (Å²) >= 11 is 5.23. The minimum Gasteiger partial charge on any atom is -0.492 e. The van der Waals surface area contributed by atoms with Crippen LogP contribution in [0, 0.1) is 0 Å². The monoisotopic (exact) mass is 304 g/mol. The van der Waals surface area contributed by atoms with E-state index in [9.17, 15) is 5.11 Å². The van der Waals surface area contributed by atoms with Crippen LogP contribution in [0.4, 0.5) is 0 Å². The maximum atomic E-state index is 9.63. The second-order valence-corrected chi connectivity index (χ2v) is 5.71. The van der Waals surface area contributed by atoms with Crippen molar-refractivity contribution in [3.8, 4) is 5.75 Å². The highest BCUT2D eigenvalue weighted by atomic mass is 79.9. The van der Waals surface area contributed by atoms with Crippen molar-refractivity contribution < 1.29 is 9.84 Å².